The Morgan fingerprint density at radius 1 is 1.06 bits per heavy atom. The van der Waals surface area contributed by atoms with Gasteiger partial charge in [0, 0.05) is 34.7 Å². The summed E-state index contributed by atoms with van der Waals surface area (Å²) in [5.41, 5.74) is 6.31. The van der Waals surface area contributed by atoms with Gasteiger partial charge in [0.05, 0.1) is 31.0 Å². The van der Waals surface area contributed by atoms with Crippen molar-refractivity contribution in [1.82, 2.24) is 4.90 Å². The van der Waals surface area contributed by atoms with E-state index in [1.165, 1.54) is 5.56 Å². The Hall–Kier alpha value is -3.64. The van der Waals surface area contributed by atoms with Crippen LogP contribution in [0.3, 0.4) is 0 Å². The summed E-state index contributed by atoms with van der Waals surface area (Å²) in [4.78, 5) is 19.0. The lowest BCUT2D eigenvalue weighted by atomic mass is 9.78. The summed E-state index contributed by atoms with van der Waals surface area (Å²) < 4.78 is 11.8. The number of hydrogen-bond donors (Lipinski definition) is 1. The minimum absolute atomic E-state index is 0.180. The smallest absolute Gasteiger partial charge is 0.335 e. The van der Waals surface area contributed by atoms with E-state index in [0.717, 1.165) is 59.0 Å². The molecule has 1 fully saturated rings. The fraction of sp³-hybridized carbons (Fsp3) is 0.310. The number of carboxylic acids is 1. The van der Waals surface area contributed by atoms with Gasteiger partial charge in [0.25, 0.3) is 0 Å². The molecule has 6 heteroatoms. The van der Waals surface area contributed by atoms with Crippen LogP contribution in [0, 0.1) is 0 Å². The maximum Gasteiger partial charge on any atom is 0.335 e. The predicted molar refractivity (Wildman–Crippen MR) is 137 cm³/mol. The van der Waals surface area contributed by atoms with Gasteiger partial charge in [-0.3, -0.25) is 4.99 Å². The number of likely N-dealkylation sites (tertiary alicyclic amines) is 1. The Bertz CT molecular complexity index is 1280. The first-order chi connectivity index (χ1) is 17.0. The van der Waals surface area contributed by atoms with E-state index in [4.69, 9.17) is 14.5 Å². The van der Waals surface area contributed by atoms with Crippen LogP contribution in [0.1, 0.15) is 46.3 Å². The van der Waals surface area contributed by atoms with Crippen molar-refractivity contribution < 1.29 is 19.4 Å². The molecule has 0 saturated carbocycles. The number of ether oxygens (including phenoxy) is 2. The highest BCUT2D eigenvalue weighted by molar-refractivity contribution is 6.15. The Kier molecular flexibility index (Phi) is 6.31. The van der Waals surface area contributed by atoms with Gasteiger partial charge in [-0.15, -0.1) is 0 Å². The number of piperidine rings is 1. The van der Waals surface area contributed by atoms with Crippen molar-refractivity contribution >= 4 is 11.7 Å². The second-order valence-corrected chi connectivity index (χ2v) is 9.15. The van der Waals surface area contributed by atoms with Gasteiger partial charge in [0.1, 0.15) is 11.5 Å². The third-order valence-electron chi connectivity index (χ3n) is 6.98. The molecule has 6 nitrogen and oxygen atoms in total. The van der Waals surface area contributed by atoms with Crippen LogP contribution in [-0.4, -0.2) is 61.6 Å². The lowest BCUT2D eigenvalue weighted by molar-refractivity contribution is 0.0697. The molecule has 3 aromatic rings. The Morgan fingerprint density at radius 2 is 1.83 bits per heavy atom. The highest BCUT2D eigenvalue weighted by Crippen LogP contribution is 2.44. The number of methoxy groups -OCH3 is 1. The van der Waals surface area contributed by atoms with E-state index < -0.39 is 5.97 Å². The van der Waals surface area contributed by atoms with Crippen molar-refractivity contribution in [2.24, 2.45) is 4.99 Å². The average Bonchev–Trinajstić information content (AvgIpc) is 2.88. The second kappa shape index (κ2) is 9.55. The molecule has 2 aliphatic heterocycles. The van der Waals surface area contributed by atoms with E-state index in [-0.39, 0.29) is 17.5 Å². The SMILES string of the molecule is CCOc1cc2c(cc1-c1ccccc1OC)C(c1ccc(C(=O)O)cc1)=N[C@@H]1CCN(C)C[C@H]21. The van der Waals surface area contributed by atoms with Gasteiger partial charge >= 0.3 is 5.97 Å². The van der Waals surface area contributed by atoms with Crippen LogP contribution in [0.2, 0.25) is 0 Å². The number of nitrogens with zero attached hydrogens (tertiary/aromatic N) is 2. The normalized spacial score (nSPS) is 19.3. The van der Waals surface area contributed by atoms with Gasteiger partial charge in [-0.1, -0.05) is 30.3 Å². The van der Waals surface area contributed by atoms with Crippen LogP contribution in [0.4, 0.5) is 0 Å². The van der Waals surface area contributed by atoms with Crippen LogP contribution < -0.4 is 9.47 Å². The van der Waals surface area contributed by atoms with Crippen molar-refractivity contribution in [2.45, 2.75) is 25.3 Å². The number of para-hydroxylation sites is 1. The van der Waals surface area contributed by atoms with Crippen molar-refractivity contribution in [3.05, 3.63) is 82.9 Å². The van der Waals surface area contributed by atoms with Gasteiger partial charge in [-0.05, 0) is 62.8 Å². The topological polar surface area (TPSA) is 71.4 Å². The van der Waals surface area contributed by atoms with E-state index >= 15 is 0 Å². The molecule has 3 aromatic carbocycles. The number of aliphatic imine (C=N–C) groups is 1. The largest absolute Gasteiger partial charge is 0.496 e. The summed E-state index contributed by atoms with van der Waals surface area (Å²) in [6.07, 6.45) is 0.982. The van der Waals surface area contributed by atoms with Gasteiger partial charge in [-0.2, -0.15) is 0 Å². The van der Waals surface area contributed by atoms with Gasteiger partial charge in [0.15, 0.2) is 0 Å². The minimum atomic E-state index is -0.933. The molecule has 2 aliphatic rings. The van der Waals surface area contributed by atoms with Crippen LogP contribution in [-0.2, 0) is 0 Å². The van der Waals surface area contributed by atoms with Gasteiger partial charge in [0.2, 0.25) is 0 Å². The number of fused-ring (bicyclic) bond motifs is 3. The Morgan fingerprint density at radius 3 is 2.54 bits per heavy atom. The molecular formula is C29H30N2O4. The first-order valence-corrected chi connectivity index (χ1v) is 12.0. The Balaban J connectivity index is 1.72. The Labute approximate surface area is 205 Å². The van der Waals surface area contributed by atoms with E-state index in [1.54, 1.807) is 19.2 Å². The zero-order chi connectivity index (χ0) is 24.5. The lowest BCUT2D eigenvalue weighted by Gasteiger charge is -2.39. The molecule has 1 saturated heterocycles. The number of aromatic carboxylic acids is 1. The summed E-state index contributed by atoms with van der Waals surface area (Å²) in [5, 5.41) is 9.36. The van der Waals surface area contributed by atoms with Crippen LogP contribution in [0.15, 0.2) is 65.7 Å². The van der Waals surface area contributed by atoms with Gasteiger partial charge < -0.3 is 19.5 Å². The fourth-order valence-electron chi connectivity index (χ4n) is 5.26. The maximum atomic E-state index is 11.4. The number of likely N-dealkylation sites (N-methyl/N-ethyl adjacent to an activating group) is 1. The summed E-state index contributed by atoms with van der Waals surface area (Å²) in [5.74, 6) is 0.962. The van der Waals surface area contributed by atoms with Crippen molar-refractivity contribution in [3.63, 3.8) is 0 Å². The molecular weight excluding hydrogens is 440 g/mol. The van der Waals surface area contributed by atoms with Crippen molar-refractivity contribution in [2.75, 3.05) is 33.9 Å². The third-order valence-corrected chi connectivity index (χ3v) is 6.98. The molecule has 0 radical (unpaired) electrons. The number of benzene rings is 3. The van der Waals surface area contributed by atoms with E-state index in [2.05, 4.69) is 24.1 Å². The first kappa shape index (κ1) is 23.1. The number of hydrogen-bond acceptors (Lipinski definition) is 5. The maximum absolute atomic E-state index is 11.4. The van der Waals surface area contributed by atoms with E-state index in [9.17, 15) is 9.90 Å². The molecule has 0 bridgehead atoms. The first-order valence-electron chi connectivity index (χ1n) is 12.0. The van der Waals surface area contributed by atoms with Crippen molar-refractivity contribution in [3.8, 4) is 22.6 Å². The quantitative estimate of drug-likeness (QED) is 0.543. The molecule has 5 rings (SSSR count). The predicted octanol–water partition coefficient (Wildman–Crippen LogP) is 5.10. The second-order valence-electron chi connectivity index (χ2n) is 9.15. The summed E-state index contributed by atoms with van der Waals surface area (Å²) in [7, 11) is 3.84. The lowest BCUT2D eigenvalue weighted by Crippen LogP contribution is -2.41. The van der Waals surface area contributed by atoms with Crippen molar-refractivity contribution in [1.29, 1.82) is 0 Å². The molecule has 0 aliphatic carbocycles. The molecule has 1 N–H and O–H groups in total. The summed E-state index contributed by atoms with van der Waals surface area (Å²) in [6, 6.07) is 19.5. The minimum Gasteiger partial charge on any atom is -0.496 e. The summed E-state index contributed by atoms with van der Waals surface area (Å²) in [6.45, 7) is 4.50. The fourth-order valence-corrected chi connectivity index (χ4v) is 5.26. The number of rotatable bonds is 6. The zero-order valence-corrected chi connectivity index (χ0v) is 20.3. The van der Waals surface area contributed by atoms with Gasteiger partial charge in [-0.25, -0.2) is 4.79 Å². The highest BCUT2D eigenvalue weighted by atomic mass is 16.5. The van der Waals surface area contributed by atoms with Crippen LogP contribution in [0.25, 0.3) is 11.1 Å². The van der Waals surface area contributed by atoms with E-state index in [0.29, 0.717) is 6.61 Å². The molecule has 2 heterocycles. The molecule has 35 heavy (non-hydrogen) atoms. The molecule has 0 amide bonds. The van der Waals surface area contributed by atoms with E-state index in [1.807, 2.05) is 43.3 Å². The molecule has 0 unspecified atom stereocenters. The zero-order valence-electron chi connectivity index (χ0n) is 20.3. The molecule has 0 spiro atoms. The molecule has 180 valence electrons. The average molecular weight is 471 g/mol. The molecule has 2 atom stereocenters. The highest BCUT2D eigenvalue weighted by Gasteiger charge is 2.36. The molecule has 0 aromatic heterocycles. The summed E-state index contributed by atoms with van der Waals surface area (Å²) >= 11 is 0. The number of carbonyl (C=O) groups is 1. The standard InChI is InChI=1S/C29H30N2O4/c1-4-35-27-16-21-23(15-22(27)20-7-5-6-8-26(20)34-3)28(18-9-11-19(12-10-18)29(32)33)30-25-13-14-31(2)17-24(21)25/h5-12,15-16,24-25H,4,13-14,17H2,1-3H3,(H,32,33)/t24-,25-/m1/s1. The third kappa shape index (κ3) is 4.30. The van der Waals surface area contributed by atoms with Crippen LogP contribution in [0.5, 0.6) is 11.5 Å². The number of carboxylic acid groups (broad SMARTS) is 1. The van der Waals surface area contributed by atoms with Crippen LogP contribution >= 0.6 is 0 Å². The monoisotopic (exact) mass is 470 g/mol.